The van der Waals surface area contributed by atoms with Crippen LogP contribution >= 0.6 is 0 Å². The third-order valence-electron chi connectivity index (χ3n) is 6.07. The van der Waals surface area contributed by atoms with Crippen LogP contribution in [-0.2, 0) is 0 Å². The van der Waals surface area contributed by atoms with Gasteiger partial charge in [0.25, 0.3) is 11.5 Å². The van der Waals surface area contributed by atoms with Crippen molar-refractivity contribution in [3.63, 3.8) is 0 Å². The van der Waals surface area contributed by atoms with Gasteiger partial charge in [-0.1, -0.05) is 25.0 Å². The monoisotopic (exact) mass is 377 g/mol. The maximum Gasteiger partial charge on any atom is 0.272 e. The number of benzene rings is 1. The van der Waals surface area contributed by atoms with E-state index in [1.54, 1.807) is 6.20 Å². The first-order valence-corrected chi connectivity index (χ1v) is 10.0. The van der Waals surface area contributed by atoms with Gasteiger partial charge in [-0.15, -0.1) is 0 Å². The van der Waals surface area contributed by atoms with E-state index in [-0.39, 0.29) is 23.6 Å². The molecule has 1 aliphatic heterocycles. The van der Waals surface area contributed by atoms with Gasteiger partial charge >= 0.3 is 0 Å². The molecular formula is C21H23N5O2. The summed E-state index contributed by atoms with van der Waals surface area (Å²) in [6, 6.07) is 7.50. The van der Waals surface area contributed by atoms with Crippen LogP contribution in [0.3, 0.4) is 0 Å². The minimum absolute atomic E-state index is 0.0216. The molecule has 1 N–H and O–H groups in total. The lowest BCUT2D eigenvalue weighted by Gasteiger charge is -2.28. The third-order valence-corrected chi connectivity index (χ3v) is 6.07. The van der Waals surface area contributed by atoms with Crippen molar-refractivity contribution >= 4 is 16.8 Å². The molecule has 1 saturated carbocycles. The van der Waals surface area contributed by atoms with E-state index in [0.717, 1.165) is 44.3 Å². The Morgan fingerprint density at radius 2 is 1.93 bits per heavy atom. The molecule has 5 rings (SSSR count). The van der Waals surface area contributed by atoms with Crippen LogP contribution in [0, 0.1) is 0 Å². The highest BCUT2D eigenvalue weighted by Gasteiger charge is 2.36. The summed E-state index contributed by atoms with van der Waals surface area (Å²) < 4.78 is 1.90. The number of carbonyl (C=O) groups excluding carboxylic acids is 1. The first-order valence-electron chi connectivity index (χ1n) is 10.0. The molecule has 1 saturated heterocycles. The zero-order valence-corrected chi connectivity index (χ0v) is 15.7. The molecule has 0 spiro atoms. The fraction of sp³-hybridized carbons (Fsp3) is 0.429. The Bertz CT molecular complexity index is 1070. The molecule has 2 aromatic heterocycles. The molecule has 2 fully saturated rings. The van der Waals surface area contributed by atoms with Crippen molar-refractivity contribution in [1.82, 2.24) is 24.4 Å². The number of para-hydroxylation sites is 1. The predicted octanol–water partition coefficient (Wildman–Crippen LogP) is 3.21. The number of amides is 1. The summed E-state index contributed by atoms with van der Waals surface area (Å²) in [6.07, 6.45) is 9.03. The molecule has 144 valence electrons. The third kappa shape index (κ3) is 2.73. The van der Waals surface area contributed by atoms with E-state index in [0.29, 0.717) is 23.1 Å². The molecule has 1 amide bonds. The molecule has 1 atom stereocenters. The smallest absolute Gasteiger partial charge is 0.272 e. The number of nitrogens with zero attached hydrogens (tertiary/aromatic N) is 4. The van der Waals surface area contributed by atoms with Crippen LogP contribution in [0.5, 0.6) is 0 Å². The summed E-state index contributed by atoms with van der Waals surface area (Å²) >= 11 is 0. The molecule has 7 heteroatoms. The summed E-state index contributed by atoms with van der Waals surface area (Å²) in [4.78, 5) is 40.1. The second-order valence-corrected chi connectivity index (χ2v) is 7.72. The van der Waals surface area contributed by atoms with Crippen LogP contribution in [0.2, 0.25) is 0 Å². The van der Waals surface area contributed by atoms with E-state index in [2.05, 4.69) is 9.97 Å². The van der Waals surface area contributed by atoms with Crippen molar-refractivity contribution in [2.24, 2.45) is 0 Å². The molecule has 1 unspecified atom stereocenters. The number of hydrogen-bond donors (Lipinski definition) is 1. The van der Waals surface area contributed by atoms with Crippen molar-refractivity contribution in [2.45, 2.75) is 50.6 Å². The van der Waals surface area contributed by atoms with E-state index in [1.807, 2.05) is 33.7 Å². The molecule has 1 aliphatic carbocycles. The Balaban J connectivity index is 1.65. The Hall–Kier alpha value is -2.96. The van der Waals surface area contributed by atoms with Crippen molar-refractivity contribution in [3.05, 3.63) is 58.7 Å². The second kappa shape index (κ2) is 6.89. The number of hydrogen-bond acceptors (Lipinski definition) is 4. The molecule has 7 nitrogen and oxygen atoms in total. The van der Waals surface area contributed by atoms with Gasteiger partial charge in [-0.05, 0) is 37.8 Å². The Morgan fingerprint density at radius 1 is 1.11 bits per heavy atom. The lowest BCUT2D eigenvalue weighted by Crippen LogP contribution is -2.36. The average Bonchev–Trinajstić information content (AvgIpc) is 3.49. The van der Waals surface area contributed by atoms with Crippen LogP contribution in [0.1, 0.15) is 66.9 Å². The van der Waals surface area contributed by atoms with Gasteiger partial charge in [0, 0.05) is 12.6 Å². The van der Waals surface area contributed by atoms with Gasteiger partial charge in [-0.3, -0.25) is 14.2 Å². The predicted molar refractivity (Wildman–Crippen MR) is 105 cm³/mol. The summed E-state index contributed by atoms with van der Waals surface area (Å²) in [5, 5.41) is 0.655. The van der Waals surface area contributed by atoms with Crippen molar-refractivity contribution in [2.75, 3.05) is 6.54 Å². The summed E-state index contributed by atoms with van der Waals surface area (Å²) in [5.74, 6) is 0.654. The lowest BCUT2D eigenvalue weighted by molar-refractivity contribution is 0.0719. The molecule has 3 heterocycles. The van der Waals surface area contributed by atoms with Crippen molar-refractivity contribution in [3.8, 4) is 0 Å². The number of H-pyrrole nitrogens is 1. The van der Waals surface area contributed by atoms with E-state index in [1.165, 1.54) is 6.33 Å². The molecule has 3 aromatic rings. The quantitative estimate of drug-likeness (QED) is 0.760. The summed E-state index contributed by atoms with van der Waals surface area (Å²) in [5.41, 5.74) is 1.20. The van der Waals surface area contributed by atoms with Crippen LogP contribution < -0.4 is 5.56 Å². The topological polar surface area (TPSA) is 83.9 Å². The highest BCUT2D eigenvalue weighted by atomic mass is 16.2. The zero-order chi connectivity index (χ0) is 19.1. The Morgan fingerprint density at radius 3 is 2.71 bits per heavy atom. The van der Waals surface area contributed by atoms with E-state index >= 15 is 0 Å². The number of aromatic nitrogens is 4. The van der Waals surface area contributed by atoms with E-state index < -0.39 is 0 Å². The molecule has 28 heavy (non-hydrogen) atoms. The van der Waals surface area contributed by atoms with Crippen LogP contribution in [0.15, 0.2) is 41.6 Å². The molecule has 0 radical (unpaired) electrons. The first-order chi connectivity index (χ1) is 13.7. The standard InChI is InChI=1S/C21H23N5O2/c27-20-15-8-3-4-9-16(15)24-19(26(20)14-6-1-2-7-14)18-10-5-11-25(18)21(28)17-12-22-13-23-17/h3-4,8-9,12-14,18H,1-2,5-7,10-11H2,(H,22,23). The highest BCUT2D eigenvalue weighted by molar-refractivity contribution is 5.92. The minimum atomic E-state index is -0.186. The van der Waals surface area contributed by atoms with Gasteiger partial charge in [0.2, 0.25) is 0 Å². The number of rotatable bonds is 3. The van der Waals surface area contributed by atoms with E-state index in [4.69, 9.17) is 4.98 Å². The summed E-state index contributed by atoms with van der Waals surface area (Å²) in [6.45, 7) is 0.663. The number of likely N-dealkylation sites (tertiary alicyclic amines) is 1. The second-order valence-electron chi connectivity index (χ2n) is 7.72. The molecule has 1 aromatic carbocycles. The van der Waals surface area contributed by atoms with Crippen LogP contribution in [-0.4, -0.2) is 36.9 Å². The van der Waals surface area contributed by atoms with E-state index in [9.17, 15) is 9.59 Å². The number of nitrogens with one attached hydrogen (secondary N) is 1. The normalized spacial score (nSPS) is 20.3. The number of imidazole rings is 1. The molecule has 2 aliphatic rings. The average molecular weight is 377 g/mol. The zero-order valence-electron chi connectivity index (χ0n) is 15.7. The van der Waals surface area contributed by atoms with Gasteiger partial charge in [0.1, 0.15) is 11.5 Å². The van der Waals surface area contributed by atoms with Gasteiger partial charge < -0.3 is 9.88 Å². The van der Waals surface area contributed by atoms with Gasteiger partial charge in [0.05, 0.1) is 29.5 Å². The van der Waals surface area contributed by atoms with Crippen molar-refractivity contribution < 1.29 is 4.79 Å². The maximum absolute atomic E-state index is 13.4. The molecular weight excluding hydrogens is 354 g/mol. The fourth-order valence-electron chi connectivity index (χ4n) is 4.72. The number of carbonyl (C=O) groups is 1. The van der Waals surface area contributed by atoms with Crippen LogP contribution in [0.4, 0.5) is 0 Å². The minimum Gasteiger partial charge on any atom is -0.341 e. The molecule has 0 bridgehead atoms. The largest absolute Gasteiger partial charge is 0.341 e. The Labute approximate surface area is 162 Å². The lowest BCUT2D eigenvalue weighted by atomic mass is 10.1. The van der Waals surface area contributed by atoms with Gasteiger partial charge in [-0.2, -0.15) is 0 Å². The highest BCUT2D eigenvalue weighted by Crippen LogP contribution is 2.36. The first kappa shape index (κ1) is 17.2. The van der Waals surface area contributed by atoms with Gasteiger partial charge in [0.15, 0.2) is 0 Å². The Kier molecular flexibility index (Phi) is 4.22. The van der Waals surface area contributed by atoms with Crippen molar-refractivity contribution in [1.29, 1.82) is 0 Å². The number of aromatic amines is 1. The SMILES string of the molecule is O=C(c1cnc[nH]1)N1CCCC1c1nc2ccccc2c(=O)n1C1CCCC1. The number of fused-ring (bicyclic) bond motifs is 1. The summed E-state index contributed by atoms with van der Waals surface area (Å²) in [7, 11) is 0. The fourth-order valence-corrected chi connectivity index (χ4v) is 4.72. The van der Waals surface area contributed by atoms with Gasteiger partial charge in [-0.25, -0.2) is 9.97 Å². The van der Waals surface area contributed by atoms with Crippen LogP contribution in [0.25, 0.3) is 10.9 Å². The maximum atomic E-state index is 13.4.